The number of nitrogens with one attached hydrogen (secondary N) is 1. The summed E-state index contributed by atoms with van der Waals surface area (Å²) in [5.74, 6) is 0. The molecule has 1 heterocycles. The van der Waals surface area contributed by atoms with E-state index in [2.05, 4.69) is 4.98 Å². The van der Waals surface area contributed by atoms with Gasteiger partial charge in [-0.05, 0) is 25.0 Å². The summed E-state index contributed by atoms with van der Waals surface area (Å²) in [4.78, 5) is 13.5. The Bertz CT molecular complexity index is 275. The number of rotatable bonds is 1. The number of hydrogen-bond donors (Lipinski definition) is 1. The zero-order chi connectivity index (χ0) is 9.56. The van der Waals surface area contributed by atoms with Gasteiger partial charge < -0.3 is 4.98 Å². The minimum Gasteiger partial charge on any atom is -0.327 e. The molecule has 1 rings (SSSR count). The van der Waals surface area contributed by atoms with Crippen LogP contribution < -0.4 is 5.56 Å². The molecule has 0 radical (unpaired) electrons. The molecular formula is C10H17NO. The maximum absolute atomic E-state index is 10.8. The van der Waals surface area contributed by atoms with Crippen molar-refractivity contribution in [1.82, 2.24) is 4.98 Å². The SMILES string of the molecule is CC.CCc1cc(C)[nH]c(=O)c1. The molecule has 0 aliphatic rings. The first-order chi connectivity index (χ1) is 5.72. The molecule has 1 aromatic rings. The Morgan fingerprint density at radius 3 is 2.33 bits per heavy atom. The molecule has 0 bridgehead atoms. The number of hydrogen-bond acceptors (Lipinski definition) is 1. The summed E-state index contributed by atoms with van der Waals surface area (Å²) < 4.78 is 0. The van der Waals surface area contributed by atoms with Crippen LogP contribution in [0.5, 0.6) is 0 Å². The van der Waals surface area contributed by atoms with E-state index in [1.54, 1.807) is 6.07 Å². The van der Waals surface area contributed by atoms with Gasteiger partial charge in [0.05, 0.1) is 0 Å². The van der Waals surface area contributed by atoms with Crippen LogP contribution in [0.15, 0.2) is 16.9 Å². The van der Waals surface area contributed by atoms with Crippen LogP contribution >= 0.6 is 0 Å². The van der Waals surface area contributed by atoms with Gasteiger partial charge in [-0.1, -0.05) is 20.8 Å². The lowest BCUT2D eigenvalue weighted by atomic mass is 10.2. The van der Waals surface area contributed by atoms with Gasteiger partial charge >= 0.3 is 0 Å². The molecule has 12 heavy (non-hydrogen) atoms. The molecule has 0 aliphatic heterocycles. The average molecular weight is 167 g/mol. The molecular weight excluding hydrogens is 150 g/mol. The van der Waals surface area contributed by atoms with Gasteiger partial charge in [-0.15, -0.1) is 0 Å². The minimum absolute atomic E-state index is 0.00292. The highest BCUT2D eigenvalue weighted by Crippen LogP contribution is 1.96. The van der Waals surface area contributed by atoms with Gasteiger partial charge in [-0.3, -0.25) is 4.79 Å². The number of aryl methyl sites for hydroxylation is 2. The second-order valence-electron chi connectivity index (χ2n) is 2.39. The molecule has 0 unspecified atom stereocenters. The van der Waals surface area contributed by atoms with Crippen molar-refractivity contribution < 1.29 is 0 Å². The van der Waals surface area contributed by atoms with Crippen molar-refractivity contribution in [3.05, 3.63) is 33.7 Å². The highest BCUT2D eigenvalue weighted by Gasteiger charge is 1.91. The first kappa shape index (κ1) is 11.0. The van der Waals surface area contributed by atoms with Crippen LogP contribution in [-0.4, -0.2) is 4.98 Å². The van der Waals surface area contributed by atoms with Crippen LogP contribution in [0.1, 0.15) is 32.0 Å². The van der Waals surface area contributed by atoms with Crippen molar-refractivity contribution >= 4 is 0 Å². The second-order valence-corrected chi connectivity index (χ2v) is 2.39. The summed E-state index contributed by atoms with van der Waals surface area (Å²) in [6, 6.07) is 3.62. The molecule has 2 nitrogen and oxygen atoms in total. The zero-order valence-corrected chi connectivity index (χ0v) is 8.27. The number of aromatic amines is 1. The lowest BCUT2D eigenvalue weighted by molar-refractivity contribution is 1.06. The third kappa shape index (κ3) is 3.37. The van der Waals surface area contributed by atoms with Gasteiger partial charge in [0.1, 0.15) is 0 Å². The van der Waals surface area contributed by atoms with E-state index in [1.165, 1.54) is 0 Å². The summed E-state index contributed by atoms with van der Waals surface area (Å²) in [6.07, 6.45) is 0.921. The third-order valence-electron chi connectivity index (χ3n) is 1.45. The van der Waals surface area contributed by atoms with Gasteiger partial charge in [0.25, 0.3) is 0 Å². The molecule has 2 heteroatoms. The van der Waals surface area contributed by atoms with E-state index in [4.69, 9.17) is 0 Å². The Balaban J connectivity index is 0.000000561. The quantitative estimate of drug-likeness (QED) is 0.683. The monoisotopic (exact) mass is 167 g/mol. The van der Waals surface area contributed by atoms with Crippen molar-refractivity contribution in [2.24, 2.45) is 0 Å². The summed E-state index contributed by atoms with van der Waals surface area (Å²) >= 11 is 0. The predicted molar refractivity (Wildman–Crippen MR) is 52.5 cm³/mol. The summed E-state index contributed by atoms with van der Waals surface area (Å²) in [7, 11) is 0. The molecule has 0 atom stereocenters. The number of pyridine rings is 1. The van der Waals surface area contributed by atoms with Crippen molar-refractivity contribution in [3.8, 4) is 0 Å². The third-order valence-corrected chi connectivity index (χ3v) is 1.45. The Hall–Kier alpha value is -1.05. The molecule has 0 spiro atoms. The molecule has 0 aliphatic carbocycles. The molecule has 0 amide bonds. The van der Waals surface area contributed by atoms with Crippen molar-refractivity contribution in [2.75, 3.05) is 0 Å². The van der Waals surface area contributed by atoms with Crippen LogP contribution in [-0.2, 0) is 6.42 Å². The minimum atomic E-state index is -0.00292. The van der Waals surface area contributed by atoms with E-state index in [0.29, 0.717) is 0 Å². The van der Waals surface area contributed by atoms with Crippen molar-refractivity contribution in [2.45, 2.75) is 34.1 Å². The van der Waals surface area contributed by atoms with Gasteiger partial charge in [0.15, 0.2) is 0 Å². The fourth-order valence-electron chi connectivity index (χ4n) is 0.959. The van der Waals surface area contributed by atoms with E-state index in [0.717, 1.165) is 17.7 Å². The van der Waals surface area contributed by atoms with Crippen molar-refractivity contribution in [1.29, 1.82) is 0 Å². The molecule has 0 saturated heterocycles. The molecule has 1 N–H and O–H groups in total. The number of H-pyrrole nitrogens is 1. The first-order valence-corrected chi connectivity index (χ1v) is 4.42. The summed E-state index contributed by atoms with van der Waals surface area (Å²) in [5, 5.41) is 0. The Morgan fingerprint density at radius 1 is 1.33 bits per heavy atom. The second kappa shape index (κ2) is 5.58. The van der Waals surface area contributed by atoms with E-state index in [1.807, 2.05) is 33.8 Å². The van der Waals surface area contributed by atoms with E-state index in [-0.39, 0.29) is 5.56 Å². The van der Waals surface area contributed by atoms with E-state index >= 15 is 0 Å². The fraction of sp³-hybridized carbons (Fsp3) is 0.500. The summed E-state index contributed by atoms with van der Waals surface area (Å²) in [5.41, 5.74) is 2.03. The van der Waals surface area contributed by atoms with Crippen molar-refractivity contribution in [3.63, 3.8) is 0 Å². The Morgan fingerprint density at radius 2 is 1.92 bits per heavy atom. The zero-order valence-electron chi connectivity index (χ0n) is 8.27. The van der Waals surface area contributed by atoms with E-state index < -0.39 is 0 Å². The maximum Gasteiger partial charge on any atom is 0.248 e. The van der Waals surface area contributed by atoms with Crippen LogP contribution in [0.2, 0.25) is 0 Å². The smallest absolute Gasteiger partial charge is 0.248 e. The molecule has 0 aromatic carbocycles. The molecule has 68 valence electrons. The van der Waals surface area contributed by atoms with E-state index in [9.17, 15) is 4.79 Å². The van der Waals surface area contributed by atoms with Gasteiger partial charge in [0, 0.05) is 11.8 Å². The van der Waals surface area contributed by atoms with Crippen LogP contribution in [0, 0.1) is 6.92 Å². The lowest BCUT2D eigenvalue weighted by Gasteiger charge is -1.95. The highest BCUT2D eigenvalue weighted by atomic mass is 16.1. The van der Waals surface area contributed by atoms with Gasteiger partial charge in [0.2, 0.25) is 5.56 Å². The first-order valence-electron chi connectivity index (χ1n) is 4.42. The normalized spacial score (nSPS) is 8.67. The standard InChI is InChI=1S/C8H11NO.C2H6/c1-3-7-4-6(2)9-8(10)5-7;1-2/h4-5H,3H2,1-2H3,(H,9,10);1-2H3. The highest BCUT2D eigenvalue weighted by molar-refractivity contribution is 5.14. The largest absolute Gasteiger partial charge is 0.327 e. The Labute approximate surface area is 73.6 Å². The molecule has 1 aromatic heterocycles. The average Bonchev–Trinajstić information content (AvgIpc) is 2.06. The predicted octanol–water partition coefficient (Wildman–Crippen LogP) is 2.27. The van der Waals surface area contributed by atoms with Crippen LogP contribution in [0.25, 0.3) is 0 Å². The topological polar surface area (TPSA) is 32.9 Å². The van der Waals surface area contributed by atoms with Gasteiger partial charge in [-0.2, -0.15) is 0 Å². The van der Waals surface area contributed by atoms with Crippen LogP contribution in [0.4, 0.5) is 0 Å². The summed E-state index contributed by atoms with van der Waals surface area (Å²) in [6.45, 7) is 7.93. The lowest BCUT2D eigenvalue weighted by Crippen LogP contribution is -2.06. The maximum atomic E-state index is 10.8. The van der Waals surface area contributed by atoms with Gasteiger partial charge in [-0.25, -0.2) is 0 Å². The molecule has 0 saturated carbocycles. The van der Waals surface area contributed by atoms with Crippen LogP contribution in [0.3, 0.4) is 0 Å². The Kier molecular flexibility index (Phi) is 5.09. The molecule has 0 fully saturated rings. The fourth-order valence-corrected chi connectivity index (χ4v) is 0.959. The number of aromatic nitrogens is 1.